The first-order valence-electron chi connectivity index (χ1n) is 10.5. The molecule has 1 unspecified atom stereocenters. The number of phenolic OH excluding ortho intramolecular Hbond substituents is 1. The molecule has 160 valence electrons. The standard InChI is InChI=1S/C24H29FN2O3/c1-17-4-7-22(28)20(12-17)23(29)27-11-9-24(16-27)8-3-10-26(15-24)14-18-13-19(30-2)5-6-21(18)25/h4-7,12-13,28H,3,8-11,14-16H2,1-2H3. The van der Waals surface area contributed by atoms with Gasteiger partial charge >= 0.3 is 0 Å². The van der Waals surface area contributed by atoms with Crippen LogP contribution < -0.4 is 4.74 Å². The number of hydrogen-bond acceptors (Lipinski definition) is 4. The van der Waals surface area contributed by atoms with Gasteiger partial charge in [0.2, 0.25) is 0 Å². The molecule has 2 aromatic carbocycles. The van der Waals surface area contributed by atoms with Crippen LogP contribution in [0.1, 0.15) is 40.7 Å². The highest BCUT2D eigenvalue weighted by Crippen LogP contribution is 2.40. The van der Waals surface area contributed by atoms with Gasteiger partial charge in [0.25, 0.3) is 5.91 Å². The van der Waals surface area contributed by atoms with Gasteiger partial charge in [-0.3, -0.25) is 9.69 Å². The second-order valence-electron chi connectivity index (χ2n) is 8.77. The molecule has 0 radical (unpaired) electrons. The molecular formula is C24H29FN2O3. The first-order chi connectivity index (χ1) is 14.4. The molecule has 4 rings (SSSR count). The lowest BCUT2D eigenvalue weighted by Gasteiger charge is -2.40. The van der Waals surface area contributed by atoms with Crippen molar-refractivity contribution in [1.29, 1.82) is 0 Å². The minimum atomic E-state index is -0.214. The van der Waals surface area contributed by atoms with Gasteiger partial charge in [-0.15, -0.1) is 0 Å². The van der Waals surface area contributed by atoms with Crippen LogP contribution in [0.15, 0.2) is 36.4 Å². The summed E-state index contributed by atoms with van der Waals surface area (Å²) in [5.74, 6) is 0.372. The second-order valence-corrected chi connectivity index (χ2v) is 8.77. The van der Waals surface area contributed by atoms with Crippen molar-refractivity contribution >= 4 is 5.91 Å². The van der Waals surface area contributed by atoms with Gasteiger partial charge in [-0.2, -0.15) is 0 Å². The minimum absolute atomic E-state index is 0.0305. The van der Waals surface area contributed by atoms with Crippen LogP contribution in [0.5, 0.6) is 11.5 Å². The molecule has 6 heteroatoms. The normalized spacial score (nSPS) is 21.9. The maximum Gasteiger partial charge on any atom is 0.257 e. The number of likely N-dealkylation sites (tertiary alicyclic amines) is 2. The minimum Gasteiger partial charge on any atom is -0.507 e. The number of rotatable bonds is 4. The van der Waals surface area contributed by atoms with Gasteiger partial charge in [-0.1, -0.05) is 11.6 Å². The van der Waals surface area contributed by atoms with Crippen molar-refractivity contribution in [2.24, 2.45) is 5.41 Å². The summed E-state index contributed by atoms with van der Waals surface area (Å²) in [6.45, 7) is 5.58. The number of benzene rings is 2. The third-order valence-corrected chi connectivity index (χ3v) is 6.50. The Morgan fingerprint density at radius 2 is 2.00 bits per heavy atom. The molecule has 2 aromatic rings. The Labute approximate surface area is 177 Å². The number of halogens is 1. The predicted octanol–water partition coefficient (Wildman–Crippen LogP) is 3.98. The number of nitrogens with zero attached hydrogens (tertiary/aromatic N) is 2. The number of carbonyl (C=O) groups excluding carboxylic acids is 1. The van der Waals surface area contributed by atoms with Crippen LogP contribution in [-0.4, -0.2) is 54.1 Å². The van der Waals surface area contributed by atoms with E-state index in [1.54, 1.807) is 37.4 Å². The van der Waals surface area contributed by atoms with Crippen LogP contribution in [0.2, 0.25) is 0 Å². The monoisotopic (exact) mass is 412 g/mol. The number of amides is 1. The Bertz CT molecular complexity index is 948. The zero-order chi connectivity index (χ0) is 21.3. The third kappa shape index (κ3) is 4.15. The number of piperidine rings is 1. The van der Waals surface area contributed by atoms with E-state index in [4.69, 9.17) is 4.74 Å². The summed E-state index contributed by atoms with van der Waals surface area (Å²) < 4.78 is 19.5. The first-order valence-corrected chi connectivity index (χ1v) is 10.5. The van der Waals surface area contributed by atoms with Gasteiger partial charge < -0.3 is 14.7 Å². The zero-order valence-corrected chi connectivity index (χ0v) is 17.7. The molecule has 30 heavy (non-hydrogen) atoms. The van der Waals surface area contributed by atoms with E-state index in [0.29, 0.717) is 36.5 Å². The highest BCUT2D eigenvalue weighted by Gasteiger charge is 2.43. The lowest BCUT2D eigenvalue weighted by atomic mass is 9.79. The molecule has 1 atom stereocenters. The van der Waals surface area contributed by atoms with E-state index in [2.05, 4.69) is 4.90 Å². The SMILES string of the molecule is COc1ccc(F)c(CN2CCCC3(CCN(C(=O)c4cc(C)ccc4O)C3)C2)c1. The maximum atomic E-state index is 14.3. The molecule has 1 N–H and O–H groups in total. The Balaban J connectivity index is 1.45. The molecule has 0 aliphatic carbocycles. The van der Waals surface area contributed by atoms with Crippen LogP contribution in [0.4, 0.5) is 4.39 Å². The molecule has 0 bridgehead atoms. The van der Waals surface area contributed by atoms with E-state index in [1.165, 1.54) is 6.07 Å². The first kappa shape index (κ1) is 20.7. The Morgan fingerprint density at radius 3 is 2.80 bits per heavy atom. The second kappa shape index (κ2) is 8.26. The maximum absolute atomic E-state index is 14.3. The van der Waals surface area contributed by atoms with Crippen LogP contribution in [0.25, 0.3) is 0 Å². The summed E-state index contributed by atoms with van der Waals surface area (Å²) in [5, 5.41) is 10.1. The Morgan fingerprint density at radius 1 is 1.17 bits per heavy atom. The van der Waals surface area contributed by atoms with Crippen molar-refractivity contribution in [3.05, 3.63) is 58.9 Å². The van der Waals surface area contributed by atoms with Crippen molar-refractivity contribution < 1.29 is 19.0 Å². The van der Waals surface area contributed by atoms with Crippen molar-refractivity contribution in [3.8, 4) is 11.5 Å². The lowest BCUT2D eigenvalue weighted by molar-refractivity contribution is 0.0671. The van der Waals surface area contributed by atoms with E-state index in [9.17, 15) is 14.3 Å². The van der Waals surface area contributed by atoms with Gasteiger partial charge in [-0.25, -0.2) is 4.39 Å². The van der Waals surface area contributed by atoms with Gasteiger partial charge in [-0.05, 0) is 63.1 Å². The largest absolute Gasteiger partial charge is 0.507 e. The number of aromatic hydroxyl groups is 1. The van der Waals surface area contributed by atoms with Gasteiger partial charge in [0.1, 0.15) is 17.3 Å². The van der Waals surface area contributed by atoms with Crippen LogP contribution in [-0.2, 0) is 6.54 Å². The van der Waals surface area contributed by atoms with E-state index in [-0.39, 0.29) is 22.9 Å². The van der Waals surface area contributed by atoms with Gasteiger partial charge in [0.05, 0.1) is 12.7 Å². The Kier molecular flexibility index (Phi) is 5.69. The number of hydrogen-bond donors (Lipinski definition) is 1. The van der Waals surface area contributed by atoms with Crippen LogP contribution in [0.3, 0.4) is 0 Å². The summed E-state index contributed by atoms with van der Waals surface area (Å²) in [6.07, 6.45) is 3.03. The smallest absolute Gasteiger partial charge is 0.257 e. The van der Waals surface area contributed by atoms with Gasteiger partial charge in [0, 0.05) is 37.2 Å². The van der Waals surface area contributed by atoms with Crippen LogP contribution in [0, 0.1) is 18.2 Å². The summed E-state index contributed by atoms with van der Waals surface area (Å²) in [5.41, 5.74) is 2.00. The topological polar surface area (TPSA) is 53.0 Å². The van der Waals surface area contributed by atoms with E-state index in [0.717, 1.165) is 37.9 Å². The van der Waals surface area contributed by atoms with Crippen molar-refractivity contribution in [2.75, 3.05) is 33.3 Å². The number of carbonyl (C=O) groups is 1. The van der Waals surface area contributed by atoms with Crippen molar-refractivity contribution in [3.63, 3.8) is 0 Å². The summed E-state index contributed by atoms with van der Waals surface area (Å²) in [6, 6.07) is 9.99. The average Bonchev–Trinajstić information content (AvgIpc) is 3.14. The molecule has 2 saturated heterocycles. The highest BCUT2D eigenvalue weighted by atomic mass is 19.1. The zero-order valence-electron chi connectivity index (χ0n) is 17.7. The molecule has 1 amide bonds. The summed E-state index contributed by atoms with van der Waals surface area (Å²) in [4.78, 5) is 17.2. The number of ether oxygens (including phenoxy) is 1. The molecule has 5 nitrogen and oxygen atoms in total. The van der Waals surface area contributed by atoms with Crippen molar-refractivity contribution in [2.45, 2.75) is 32.7 Å². The lowest BCUT2D eigenvalue weighted by Crippen LogP contribution is -2.45. The fourth-order valence-electron chi connectivity index (χ4n) is 4.92. The molecule has 0 saturated carbocycles. The highest BCUT2D eigenvalue weighted by molar-refractivity contribution is 5.97. The molecule has 1 spiro atoms. The van der Waals surface area contributed by atoms with E-state index >= 15 is 0 Å². The number of aryl methyl sites for hydroxylation is 1. The molecule has 2 heterocycles. The molecule has 0 aromatic heterocycles. The number of methoxy groups -OCH3 is 1. The number of phenols is 1. The molecule has 2 aliphatic rings. The van der Waals surface area contributed by atoms with Gasteiger partial charge in [0.15, 0.2) is 0 Å². The molecule has 2 aliphatic heterocycles. The fraction of sp³-hybridized carbons (Fsp3) is 0.458. The quantitative estimate of drug-likeness (QED) is 0.826. The Hall–Kier alpha value is -2.60. The summed E-state index contributed by atoms with van der Waals surface area (Å²) >= 11 is 0. The summed E-state index contributed by atoms with van der Waals surface area (Å²) in [7, 11) is 1.59. The fourth-order valence-corrected chi connectivity index (χ4v) is 4.92. The van der Waals surface area contributed by atoms with Crippen LogP contribution >= 0.6 is 0 Å². The van der Waals surface area contributed by atoms with E-state index in [1.807, 2.05) is 11.8 Å². The average molecular weight is 413 g/mol. The molecule has 2 fully saturated rings. The molecular weight excluding hydrogens is 383 g/mol. The third-order valence-electron chi connectivity index (χ3n) is 6.50. The predicted molar refractivity (Wildman–Crippen MR) is 113 cm³/mol. The van der Waals surface area contributed by atoms with Crippen molar-refractivity contribution in [1.82, 2.24) is 9.80 Å². The van der Waals surface area contributed by atoms with E-state index < -0.39 is 0 Å².